The lowest BCUT2D eigenvalue weighted by molar-refractivity contribution is -0.141. The normalized spacial score (nSPS) is 19.2. The van der Waals surface area contributed by atoms with Crippen LogP contribution in [0.3, 0.4) is 0 Å². The van der Waals surface area contributed by atoms with Crippen LogP contribution in [-0.2, 0) is 11.2 Å². The van der Waals surface area contributed by atoms with Crippen molar-refractivity contribution in [2.24, 2.45) is 5.73 Å². The third-order valence-electron chi connectivity index (χ3n) is 2.93. The van der Waals surface area contributed by atoms with Crippen molar-refractivity contribution in [2.45, 2.75) is 25.3 Å². The molecule has 7 heteroatoms. The van der Waals surface area contributed by atoms with Crippen molar-refractivity contribution < 1.29 is 14.7 Å². The van der Waals surface area contributed by atoms with E-state index in [2.05, 4.69) is 4.98 Å². The van der Waals surface area contributed by atoms with E-state index in [1.54, 1.807) is 5.38 Å². The number of nitrogens with zero attached hydrogens (tertiary/aromatic N) is 2. The molecular weight excluding hydrogens is 254 g/mol. The molecular formula is C11H15N3O3S. The number of hydrogen-bond donors (Lipinski definition) is 2. The smallest absolute Gasteiger partial charge is 0.326 e. The topological polar surface area (TPSA) is 96.5 Å². The molecule has 1 aromatic heterocycles. The van der Waals surface area contributed by atoms with Crippen LogP contribution in [0, 0.1) is 0 Å². The van der Waals surface area contributed by atoms with Gasteiger partial charge in [-0.3, -0.25) is 4.79 Å². The Kier molecular flexibility index (Phi) is 3.93. The standard InChI is InChI=1S/C11H15N3O3S/c12-4-3-9-13-7(6-18-9)10(15)14-5-1-2-8(14)11(16)17/h6,8H,1-5,12H2,(H,16,17). The molecule has 0 aliphatic carbocycles. The van der Waals surface area contributed by atoms with Crippen molar-refractivity contribution in [1.29, 1.82) is 0 Å². The molecule has 0 saturated carbocycles. The highest BCUT2D eigenvalue weighted by molar-refractivity contribution is 7.09. The zero-order valence-electron chi connectivity index (χ0n) is 9.83. The molecule has 0 radical (unpaired) electrons. The second-order valence-corrected chi connectivity index (χ2v) is 5.10. The summed E-state index contributed by atoms with van der Waals surface area (Å²) in [6.07, 6.45) is 1.88. The van der Waals surface area contributed by atoms with Gasteiger partial charge in [-0.05, 0) is 19.4 Å². The van der Waals surface area contributed by atoms with Gasteiger partial charge in [0.2, 0.25) is 0 Å². The van der Waals surface area contributed by atoms with Gasteiger partial charge in [0.05, 0.1) is 5.01 Å². The second kappa shape index (κ2) is 5.45. The highest BCUT2D eigenvalue weighted by Gasteiger charge is 2.35. The Morgan fingerprint density at radius 1 is 1.61 bits per heavy atom. The maximum atomic E-state index is 12.2. The molecule has 6 nitrogen and oxygen atoms in total. The fourth-order valence-electron chi connectivity index (χ4n) is 2.06. The number of hydrogen-bond acceptors (Lipinski definition) is 5. The molecule has 2 heterocycles. The fraction of sp³-hybridized carbons (Fsp3) is 0.545. The largest absolute Gasteiger partial charge is 0.480 e. The van der Waals surface area contributed by atoms with Crippen LogP contribution in [0.15, 0.2) is 5.38 Å². The minimum atomic E-state index is -0.946. The second-order valence-electron chi connectivity index (χ2n) is 4.16. The third-order valence-corrected chi connectivity index (χ3v) is 3.84. The van der Waals surface area contributed by atoms with Crippen LogP contribution >= 0.6 is 11.3 Å². The molecule has 1 aliphatic heterocycles. The molecule has 1 aromatic rings. The van der Waals surface area contributed by atoms with Crippen LogP contribution in [0.25, 0.3) is 0 Å². The monoisotopic (exact) mass is 269 g/mol. The van der Waals surface area contributed by atoms with Crippen molar-refractivity contribution in [2.75, 3.05) is 13.1 Å². The van der Waals surface area contributed by atoms with Crippen LogP contribution in [0.4, 0.5) is 0 Å². The summed E-state index contributed by atoms with van der Waals surface area (Å²) < 4.78 is 0. The van der Waals surface area contributed by atoms with E-state index >= 15 is 0 Å². The summed E-state index contributed by atoms with van der Waals surface area (Å²) in [5.74, 6) is -1.24. The van der Waals surface area contributed by atoms with Gasteiger partial charge in [-0.25, -0.2) is 9.78 Å². The zero-order valence-corrected chi connectivity index (χ0v) is 10.7. The minimum absolute atomic E-state index is 0.292. The zero-order chi connectivity index (χ0) is 13.1. The number of carboxylic acids is 1. The van der Waals surface area contributed by atoms with Crippen molar-refractivity contribution in [3.63, 3.8) is 0 Å². The van der Waals surface area contributed by atoms with Gasteiger partial charge < -0.3 is 15.7 Å². The number of nitrogens with two attached hydrogens (primary N) is 1. The molecule has 0 spiro atoms. The van der Waals surface area contributed by atoms with Gasteiger partial charge in [0, 0.05) is 18.3 Å². The van der Waals surface area contributed by atoms with E-state index in [1.807, 2.05) is 0 Å². The minimum Gasteiger partial charge on any atom is -0.480 e. The molecule has 18 heavy (non-hydrogen) atoms. The first-order valence-corrected chi connectivity index (χ1v) is 6.69. The van der Waals surface area contributed by atoms with E-state index in [-0.39, 0.29) is 5.91 Å². The summed E-state index contributed by atoms with van der Waals surface area (Å²) in [5, 5.41) is 11.5. The highest BCUT2D eigenvalue weighted by Crippen LogP contribution is 2.21. The third kappa shape index (κ3) is 2.51. The summed E-state index contributed by atoms with van der Waals surface area (Å²) in [6, 6.07) is -0.711. The first-order valence-electron chi connectivity index (χ1n) is 5.81. The maximum absolute atomic E-state index is 12.2. The predicted molar refractivity (Wildman–Crippen MR) is 66.6 cm³/mol. The summed E-state index contributed by atoms with van der Waals surface area (Å²) in [6.45, 7) is 0.974. The predicted octanol–water partition coefficient (Wildman–Crippen LogP) is 0.333. The van der Waals surface area contributed by atoms with Crippen molar-refractivity contribution in [3.05, 3.63) is 16.1 Å². The molecule has 1 amide bonds. The van der Waals surface area contributed by atoms with Gasteiger partial charge in [-0.15, -0.1) is 11.3 Å². The Bertz CT molecular complexity index is 460. The van der Waals surface area contributed by atoms with Crippen LogP contribution < -0.4 is 5.73 Å². The number of amides is 1. The molecule has 98 valence electrons. The highest BCUT2D eigenvalue weighted by atomic mass is 32.1. The molecule has 2 rings (SSSR count). The molecule has 1 atom stereocenters. The van der Waals surface area contributed by atoms with Gasteiger partial charge in [0.1, 0.15) is 11.7 Å². The Labute approximate surface area is 108 Å². The Hall–Kier alpha value is -1.47. The lowest BCUT2D eigenvalue weighted by Crippen LogP contribution is -2.40. The number of aliphatic carboxylic acids is 1. The molecule has 1 unspecified atom stereocenters. The Morgan fingerprint density at radius 2 is 2.39 bits per heavy atom. The first kappa shape index (κ1) is 13.0. The lowest BCUT2D eigenvalue weighted by atomic mass is 10.2. The number of carbonyl (C=O) groups excluding carboxylic acids is 1. The van der Waals surface area contributed by atoms with E-state index in [9.17, 15) is 9.59 Å². The SMILES string of the molecule is NCCc1nc(C(=O)N2CCCC2C(=O)O)cs1. The van der Waals surface area contributed by atoms with Crippen LogP contribution in [0.1, 0.15) is 28.3 Å². The van der Waals surface area contributed by atoms with Gasteiger partial charge >= 0.3 is 5.97 Å². The van der Waals surface area contributed by atoms with Crippen molar-refractivity contribution >= 4 is 23.2 Å². The average Bonchev–Trinajstić information content (AvgIpc) is 2.96. The summed E-state index contributed by atoms with van der Waals surface area (Å²) in [4.78, 5) is 28.8. The van der Waals surface area contributed by atoms with E-state index in [0.717, 1.165) is 11.4 Å². The number of likely N-dealkylation sites (tertiary alicyclic amines) is 1. The fourth-order valence-corrected chi connectivity index (χ4v) is 2.85. The van der Waals surface area contributed by atoms with Crippen LogP contribution in [-0.4, -0.2) is 46.0 Å². The number of thiazole rings is 1. The van der Waals surface area contributed by atoms with Crippen molar-refractivity contribution in [3.8, 4) is 0 Å². The molecule has 0 bridgehead atoms. The van der Waals surface area contributed by atoms with Crippen molar-refractivity contribution in [1.82, 2.24) is 9.88 Å². The van der Waals surface area contributed by atoms with Gasteiger partial charge in [-0.2, -0.15) is 0 Å². The first-order chi connectivity index (χ1) is 8.63. The van der Waals surface area contributed by atoms with E-state index < -0.39 is 12.0 Å². The van der Waals surface area contributed by atoms with E-state index in [4.69, 9.17) is 10.8 Å². The lowest BCUT2D eigenvalue weighted by Gasteiger charge is -2.20. The number of carbonyl (C=O) groups is 2. The number of carboxylic acid groups (broad SMARTS) is 1. The molecule has 1 aliphatic rings. The summed E-state index contributed by atoms with van der Waals surface area (Å²) in [5.41, 5.74) is 5.75. The van der Waals surface area contributed by atoms with Gasteiger partial charge in [0.15, 0.2) is 0 Å². The molecule has 1 fully saturated rings. The number of rotatable bonds is 4. The quantitative estimate of drug-likeness (QED) is 0.821. The molecule has 3 N–H and O–H groups in total. The maximum Gasteiger partial charge on any atom is 0.326 e. The number of aromatic nitrogens is 1. The molecule has 0 aromatic carbocycles. The summed E-state index contributed by atoms with van der Waals surface area (Å²) >= 11 is 1.38. The Balaban J connectivity index is 2.12. The van der Waals surface area contributed by atoms with Crippen LogP contribution in [0.2, 0.25) is 0 Å². The van der Waals surface area contributed by atoms with E-state index in [0.29, 0.717) is 31.6 Å². The van der Waals surface area contributed by atoms with Gasteiger partial charge in [0.25, 0.3) is 5.91 Å². The van der Waals surface area contributed by atoms with E-state index in [1.165, 1.54) is 16.2 Å². The van der Waals surface area contributed by atoms with Gasteiger partial charge in [-0.1, -0.05) is 0 Å². The van der Waals surface area contributed by atoms with Crippen LogP contribution in [0.5, 0.6) is 0 Å². The molecule has 1 saturated heterocycles. The Morgan fingerprint density at radius 3 is 3.06 bits per heavy atom. The summed E-state index contributed by atoms with van der Waals surface area (Å²) in [7, 11) is 0. The average molecular weight is 269 g/mol.